The lowest BCUT2D eigenvalue weighted by molar-refractivity contribution is -0.0622. The van der Waals surface area contributed by atoms with Crippen molar-refractivity contribution in [3.63, 3.8) is 0 Å². The highest BCUT2D eigenvalue weighted by Gasteiger charge is 2.35. The number of ether oxygens (including phenoxy) is 1. The summed E-state index contributed by atoms with van der Waals surface area (Å²) < 4.78 is 13.8. The number of rotatable bonds is 2. The highest BCUT2D eigenvalue weighted by molar-refractivity contribution is 6.99. The molecular formula is C9H13N3OS. The molecule has 0 amide bonds. The highest BCUT2D eigenvalue weighted by atomic mass is 32.1. The molecule has 3 saturated heterocycles. The van der Waals surface area contributed by atoms with Crippen molar-refractivity contribution in [1.82, 2.24) is 13.6 Å². The first-order valence-electron chi connectivity index (χ1n) is 5.10. The number of aromatic nitrogens is 2. The van der Waals surface area contributed by atoms with E-state index in [1.54, 1.807) is 6.20 Å². The first-order chi connectivity index (χ1) is 6.92. The number of piperidine rings is 3. The topological polar surface area (TPSA) is 38.3 Å². The van der Waals surface area contributed by atoms with Crippen LogP contribution in [0.5, 0.6) is 5.88 Å². The summed E-state index contributed by atoms with van der Waals surface area (Å²) in [7, 11) is 0. The zero-order valence-corrected chi connectivity index (χ0v) is 8.74. The lowest BCUT2D eigenvalue weighted by atomic mass is 9.87. The minimum absolute atomic E-state index is 0.256. The van der Waals surface area contributed by atoms with Gasteiger partial charge in [-0.3, -0.25) is 4.90 Å². The minimum atomic E-state index is 0.256. The van der Waals surface area contributed by atoms with E-state index in [2.05, 4.69) is 13.6 Å². The maximum atomic E-state index is 5.79. The molecule has 3 aliphatic heterocycles. The zero-order chi connectivity index (χ0) is 9.38. The van der Waals surface area contributed by atoms with Crippen LogP contribution in [0.4, 0.5) is 0 Å². The van der Waals surface area contributed by atoms with Crippen LogP contribution in [0.15, 0.2) is 6.20 Å². The Morgan fingerprint density at radius 1 is 1.43 bits per heavy atom. The Kier molecular flexibility index (Phi) is 2.14. The van der Waals surface area contributed by atoms with Crippen molar-refractivity contribution in [1.29, 1.82) is 0 Å². The Balaban J connectivity index is 1.68. The number of hydrogen-bond donors (Lipinski definition) is 0. The second-order valence-electron chi connectivity index (χ2n) is 4.03. The SMILES string of the molecule is c1nsnc1OC1CC2CCN1CC2. The predicted molar refractivity (Wildman–Crippen MR) is 53.2 cm³/mol. The Morgan fingerprint density at radius 2 is 2.29 bits per heavy atom. The number of nitrogens with zero attached hydrogens (tertiary/aromatic N) is 3. The third kappa shape index (κ3) is 1.50. The maximum absolute atomic E-state index is 5.79. The van der Waals surface area contributed by atoms with Gasteiger partial charge in [-0.15, -0.1) is 4.37 Å². The molecule has 0 spiro atoms. The molecule has 3 aliphatic rings. The van der Waals surface area contributed by atoms with Crippen LogP contribution in [0, 0.1) is 5.92 Å². The van der Waals surface area contributed by atoms with Crippen LogP contribution in [0.1, 0.15) is 19.3 Å². The summed E-state index contributed by atoms with van der Waals surface area (Å²) in [6, 6.07) is 0. The van der Waals surface area contributed by atoms with Gasteiger partial charge in [-0.1, -0.05) is 0 Å². The van der Waals surface area contributed by atoms with E-state index in [1.165, 1.54) is 37.7 Å². The second-order valence-corrected chi connectivity index (χ2v) is 4.59. The Bertz CT molecular complexity index is 295. The summed E-state index contributed by atoms with van der Waals surface area (Å²) in [5.41, 5.74) is 0. The molecule has 4 nitrogen and oxygen atoms in total. The Hall–Kier alpha value is -0.680. The Morgan fingerprint density at radius 3 is 2.86 bits per heavy atom. The second kappa shape index (κ2) is 3.47. The van der Waals surface area contributed by atoms with Gasteiger partial charge in [-0.05, 0) is 18.8 Å². The third-order valence-electron chi connectivity index (χ3n) is 3.19. The smallest absolute Gasteiger partial charge is 0.247 e. The first kappa shape index (κ1) is 8.61. The van der Waals surface area contributed by atoms with Crippen molar-refractivity contribution in [2.45, 2.75) is 25.5 Å². The van der Waals surface area contributed by atoms with E-state index >= 15 is 0 Å². The van der Waals surface area contributed by atoms with Gasteiger partial charge in [0.15, 0.2) is 6.23 Å². The third-order valence-corrected chi connectivity index (χ3v) is 3.65. The normalized spacial score (nSPS) is 35.9. The lowest BCUT2D eigenvalue weighted by Gasteiger charge is -2.44. The van der Waals surface area contributed by atoms with E-state index in [9.17, 15) is 0 Å². The molecule has 0 N–H and O–H groups in total. The van der Waals surface area contributed by atoms with Gasteiger partial charge < -0.3 is 4.74 Å². The standard InChI is InChI=1S/C9H13N3OS/c1-3-12-4-2-7(1)5-9(12)13-8-6-10-14-11-8/h6-7,9H,1-5H2. The van der Waals surface area contributed by atoms with Crippen molar-refractivity contribution in [2.75, 3.05) is 13.1 Å². The zero-order valence-electron chi connectivity index (χ0n) is 7.93. The molecule has 3 fully saturated rings. The van der Waals surface area contributed by atoms with Crippen LogP contribution in [0.3, 0.4) is 0 Å². The van der Waals surface area contributed by atoms with E-state index in [4.69, 9.17) is 4.74 Å². The lowest BCUT2D eigenvalue weighted by Crippen LogP contribution is -2.51. The summed E-state index contributed by atoms with van der Waals surface area (Å²) in [5.74, 6) is 1.56. The molecule has 0 saturated carbocycles. The average Bonchev–Trinajstić information content (AvgIpc) is 2.72. The van der Waals surface area contributed by atoms with Crippen LogP contribution in [-0.4, -0.2) is 33.0 Å². The highest BCUT2D eigenvalue weighted by Crippen LogP contribution is 2.32. The fourth-order valence-corrected chi connectivity index (χ4v) is 2.74. The van der Waals surface area contributed by atoms with Gasteiger partial charge in [0.25, 0.3) is 0 Å². The summed E-state index contributed by atoms with van der Waals surface area (Å²) in [6.45, 7) is 2.37. The van der Waals surface area contributed by atoms with E-state index < -0.39 is 0 Å². The molecule has 0 radical (unpaired) electrons. The van der Waals surface area contributed by atoms with Crippen molar-refractivity contribution < 1.29 is 4.74 Å². The van der Waals surface area contributed by atoms with Gasteiger partial charge in [0, 0.05) is 19.5 Å². The van der Waals surface area contributed by atoms with Crippen molar-refractivity contribution in [3.05, 3.63) is 6.20 Å². The molecule has 76 valence electrons. The van der Waals surface area contributed by atoms with E-state index in [-0.39, 0.29) is 6.23 Å². The van der Waals surface area contributed by atoms with E-state index in [1.807, 2.05) is 0 Å². The molecule has 1 aromatic heterocycles. The van der Waals surface area contributed by atoms with Gasteiger partial charge in [-0.25, -0.2) is 0 Å². The minimum Gasteiger partial charge on any atom is -0.457 e. The number of fused-ring (bicyclic) bond motifs is 3. The molecule has 4 heterocycles. The predicted octanol–water partition coefficient (Wildman–Crippen LogP) is 1.36. The summed E-state index contributed by atoms with van der Waals surface area (Å²) in [5, 5.41) is 0. The average molecular weight is 211 g/mol. The van der Waals surface area contributed by atoms with Crippen LogP contribution in [0.2, 0.25) is 0 Å². The van der Waals surface area contributed by atoms with Crippen LogP contribution in [-0.2, 0) is 0 Å². The van der Waals surface area contributed by atoms with Crippen molar-refractivity contribution >= 4 is 11.7 Å². The first-order valence-corrected chi connectivity index (χ1v) is 5.83. The monoisotopic (exact) mass is 211 g/mol. The van der Waals surface area contributed by atoms with Crippen LogP contribution in [0.25, 0.3) is 0 Å². The van der Waals surface area contributed by atoms with E-state index in [0.717, 1.165) is 12.3 Å². The number of hydrogen-bond acceptors (Lipinski definition) is 5. The molecular weight excluding hydrogens is 198 g/mol. The van der Waals surface area contributed by atoms with Crippen molar-refractivity contribution in [3.8, 4) is 5.88 Å². The van der Waals surface area contributed by atoms with Crippen molar-refractivity contribution in [2.24, 2.45) is 5.92 Å². The van der Waals surface area contributed by atoms with Gasteiger partial charge in [-0.2, -0.15) is 4.37 Å². The Labute approximate surface area is 87.2 Å². The summed E-state index contributed by atoms with van der Waals surface area (Å²) in [6.07, 6.45) is 5.81. The molecule has 0 aliphatic carbocycles. The summed E-state index contributed by atoms with van der Waals surface area (Å²) in [4.78, 5) is 2.42. The maximum Gasteiger partial charge on any atom is 0.247 e. The van der Waals surface area contributed by atoms with Gasteiger partial charge in [0.1, 0.15) is 6.20 Å². The summed E-state index contributed by atoms with van der Waals surface area (Å²) >= 11 is 1.20. The van der Waals surface area contributed by atoms with E-state index in [0.29, 0.717) is 5.88 Å². The quantitative estimate of drug-likeness (QED) is 0.740. The molecule has 1 atom stereocenters. The van der Waals surface area contributed by atoms with Crippen LogP contribution < -0.4 is 4.74 Å². The molecule has 5 heteroatoms. The fraction of sp³-hybridized carbons (Fsp3) is 0.778. The van der Waals surface area contributed by atoms with Gasteiger partial charge in [0.2, 0.25) is 5.88 Å². The van der Waals surface area contributed by atoms with Gasteiger partial charge in [0.05, 0.1) is 11.7 Å². The molecule has 1 unspecified atom stereocenters. The fourth-order valence-electron chi connectivity index (χ4n) is 2.38. The molecule has 1 aromatic rings. The largest absolute Gasteiger partial charge is 0.457 e. The van der Waals surface area contributed by atoms with Crippen LogP contribution >= 0.6 is 11.7 Å². The molecule has 2 bridgehead atoms. The molecule has 14 heavy (non-hydrogen) atoms. The van der Waals surface area contributed by atoms with Gasteiger partial charge >= 0.3 is 0 Å². The molecule has 0 aromatic carbocycles. The molecule has 4 rings (SSSR count).